The van der Waals surface area contributed by atoms with Crippen molar-refractivity contribution in [3.63, 3.8) is 0 Å². The first kappa shape index (κ1) is 20.5. The van der Waals surface area contributed by atoms with E-state index in [-0.39, 0.29) is 11.3 Å². The Balaban J connectivity index is 2.00. The third-order valence-corrected chi connectivity index (χ3v) is 3.22. The first-order valence-corrected chi connectivity index (χ1v) is 7.17. The standard InChI is InChI=1S/C17H10F7O3/c18-15(19,16(20,21)17(22,23)24)10-26-12-8-6-11(7-9-12)14(25)27-13-4-2-1-3-5-13/h2-9H,10H2. The monoisotopic (exact) mass is 395 g/mol. The molecule has 0 aliphatic rings. The molecule has 10 heteroatoms. The fraction of sp³-hybridized carbons (Fsp3) is 0.235. The molecule has 0 aliphatic heterocycles. The summed E-state index contributed by atoms with van der Waals surface area (Å²) in [6.07, 6.45) is -6.43. The summed E-state index contributed by atoms with van der Waals surface area (Å²) in [4.78, 5) is 11.9. The summed E-state index contributed by atoms with van der Waals surface area (Å²) >= 11 is 0. The Morgan fingerprint density at radius 2 is 1.41 bits per heavy atom. The minimum Gasteiger partial charge on any atom is -0.487 e. The van der Waals surface area contributed by atoms with E-state index in [0.717, 1.165) is 24.3 Å². The van der Waals surface area contributed by atoms with Crippen molar-refractivity contribution in [3.8, 4) is 11.5 Å². The molecule has 0 aromatic heterocycles. The van der Waals surface area contributed by atoms with Gasteiger partial charge in [-0.3, -0.25) is 0 Å². The number of alkyl halides is 7. The zero-order valence-electron chi connectivity index (χ0n) is 13.2. The number of esters is 1. The van der Waals surface area contributed by atoms with Crippen molar-refractivity contribution in [2.45, 2.75) is 18.0 Å². The average Bonchev–Trinajstić information content (AvgIpc) is 2.60. The molecule has 0 bridgehead atoms. The maximum Gasteiger partial charge on any atom is 0.460 e. The quantitative estimate of drug-likeness (QED) is 0.396. The highest BCUT2D eigenvalue weighted by molar-refractivity contribution is 5.91. The van der Waals surface area contributed by atoms with E-state index < -0.39 is 36.3 Å². The van der Waals surface area contributed by atoms with Gasteiger partial charge >= 0.3 is 24.0 Å². The lowest BCUT2D eigenvalue weighted by atomic mass is 10.1. The molecule has 0 unspecified atom stereocenters. The van der Waals surface area contributed by atoms with Crippen molar-refractivity contribution >= 4 is 5.97 Å². The van der Waals surface area contributed by atoms with E-state index in [4.69, 9.17) is 4.74 Å². The average molecular weight is 395 g/mol. The lowest BCUT2D eigenvalue weighted by Crippen LogP contribution is -2.54. The van der Waals surface area contributed by atoms with Crippen molar-refractivity contribution in [1.29, 1.82) is 0 Å². The van der Waals surface area contributed by atoms with Crippen LogP contribution in [0.5, 0.6) is 11.5 Å². The van der Waals surface area contributed by atoms with Gasteiger partial charge in [0.1, 0.15) is 11.5 Å². The highest BCUT2D eigenvalue weighted by Gasteiger charge is 2.73. The van der Waals surface area contributed by atoms with Gasteiger partial charge in [0.2, 0.25) is 0 Å². The van der Waals surface area contributed by atoms with Gasteiger partial charge < -0.3 is 9.47 Å². The van der Waals surface area contributed by atoms with E-state index in [0.29, 0.717) is 0 Å². The summed E-state index contributed by atoms with van der Waals surface area (Å²) in [5, 5.41) is 0. The van der Waals surface area contributed by atoms with E-state index in [1.165, 1.54) is 24.3 Å². The molecule has 0 saturated carbocycles. The van der Waals surface area contributed by atoms with Crippen molar-refractivity contribution in [3.05, 3.63) is 60.2 Å². The second kappa shape index (κ2) is 7.45. The van der Waals surface area contributed by atoms with E-state index in [1.807, 2.05) is 0 Å². The predicted molar refractivity (Wildman–Crippen MR) is 78.1 cm³/mol. The smallest absolute Gasteiger partial charge is 0.460 e. The van der Waals surface area contributed by atoms with Crippen LogP contribution < -0.4 is 9.47 Å². The van der Waals surface area contributed by atoms with Crippen LogP contribution in [0.4, 0.5) is 30.7 Å². The van der Waals surface area contributed by atoms with Crippen LogP contribution in [0.1, 0.15) is 10.4 Å². The number of halogens is 7. The Bertz CT molecular complexity index is 771. The summed E-state index contributed by atoms with van der Waals surface area (Å²) in [7, 11) is 0. The van der Waals surface area contributed by atoms with Gasteiger partial charge in [0.25, 0.3) is 0 Å². The topological polar surface area (TPSA) is 35.5 Å². The Hall–Kier alpha value is -2.78. The third kappa shape index (κ3) is 4.69. The summed E-state index contributed by atoms with van der Waals surface area (Å²) in [5.41, 5.74) is -0.0254. The first-order valence-electron chi connectivity index (χ1n) is 7.17. The fourth-order valence-corrected chi connectivity index (χ4v) is 1.76. The van der Waals surface area contributed by atoms with Crippen LogP contribution in [0.2, 0.25) is 0 Å². The second-order valence-electron chi connectivity index (χ2n) is 5.21. The van der Waals surface area contributed by atoms with Gasteiger partial charge in [-0.15, -0.1) is 0 Å². The van der Waals surface area contributed by atoms with E-state index in [1.54, 1.807) is 0 Å². The van der Waals surface area contributed by atoms with Gasteiger partial charge in [0.05, 0.1) is 5.56 Å². The summed E-state index contributed by atoms with van der Waals surface area (Å²) in [6, 6.07) is 12.7. The maximum absolute atomic E-state index is 13.2. The minimum absolute atomic E-state index is 0.0254. The SMILES string of the molecule is O=C(Oc1cc[c]cc1)c1ccc(OCC(F)(F)C(F)(F)C(F)(F)F)cc1. The van der Waals surface area contributed by atoms with Crippen molar-refractivity contribution in [2.75, 3.05) is 6.61 Å². The molecular weight excluding hydrogens is 385 g/mol. The molecule has 0 aliphatic carbocycles. The number of benzene rings is 2. The van der Waals surface area contributed by atoms with Crippen molar-refractivity contribution in [1.82, 2.24) is 0 Å². The maximum atomic E-state index is 13.2. The lowest BCUT2D eigenvalue weighted by molar-refractivity contribution is -0.358. The molecule has 2 rings (SSSR count). The van der Waals surface area contributed by atoms with E-state index >= 15 is 0 Å². The highest BCUT2D eigenvalue weighted by Crippen LogP contribution is 2.46. The Morgan fingerprint density at radius 1 is 0.852 bits per heavy atom. The zero-order valence-corrected chi connectivity index (χ0v) is 13.2. The molecule has 0 saturated heterocycles. The lowest BCUT2D eigenvalue weighted by Gasteiger charge is -2.27. The Labute approximate surface area is 148 Å². The van der Waals surface area contributed by atoms with Gasteiger partial charge in [-0.2, -0.15) is 30.7 Å². The van der Waals surface area contributed by atoms with Crippen molar-refractivity contribution < 1.29 is 45.0 Å². The number of rotatable bonds is 6. The zero-order chi connectivity index (χ0) is 20.3. The van der Waals surface area contributed by atoms with Crippen molar-refractivity contribution in [2.24, 2.45) is 0 Å². The number of ether oxygens (including phenoxy) is 2. The van der Waals surface area contributed by atoms with Gasteiger partial charge in [0, 0.05) is 0 Å². The molecule has 0 spiro atoms. The minimum atomic E-state index is -6.43. The predicted octanol–water partition coefficient (Wildman–Crippen LogP) is 4.92. The molecule has 0 heterocycles. The fourth-order valence-electron chi connectivity index (χ4n) is 1.76. The van der Waals surface area contributed by atoms with Gasteiger partial charge in [-0.25, -0.2) is 4.79 Å². The highest BCUT2D eigenvalue weighted by atomic mass is 19.4. The van der Waals surface area contributed by atoms with Crippen LogP contribution in [-0.4, -0.2) is 30.6 Å². The van der Waals surface area contributed by atoms with Gasteiger partial charge in [0.15, 0.2) is 6.61 Å². The Morgan fingerprint density at radius 3 is 1.93 bits per heavy atom. The third-order valence-electron chi connectivity index (χ3n) is 3.22. The second-order valence-corrected chi connectivity index (χ2v) is 5.21. The Kier molecular flexibility index (Phi) is 5.67. The number of hydrogen-bond donors (Lipinski definition) is 0. The molecule has 27 heavy (non-hydrogen) atoms. The molecule has 0 fully saturated rings. The van der Waals surface area contributed by atoms with Crippen LogP contribution in [0, 0.1) is 6.07 Å². The van der Waals surface area contributed by atoms with Crippen LogP contribution in [-0.2, 0) is 0 Å². The molecule has 0 atom stereocenters. The summed E-state index contributed by atoms with van der Waals surface area (Å²) < 4.78 is 97.3. The van der Waals surface area contributed by atoms with Crippen LogP contribution in [0.3, 0.4) is 0 Å². The molecule has 145 valence electrons. The van der Waals surface area contributed by atoms with Gasteiger partial charge in [-0.05, 0) is 42.5 Å². The van der Waals surface area contributed by atoms with Crippen LogP contribution in [0.25, 0.3) is 0 Å². The molecule has 3 nitrogen and oxygen atoms in total. The number of hydrogen-bond acceptors (Lipinski definition) is 3. The van der Waals surface area contributed by atoms with Crippen LogP contribution >= 0.6 is 0 Å². The van der Waals surface area contributed by atoms with E-state index in [2.05, 4.69) is 10.8 Å². The van der Waals surface area contributed by atoms with Gasteiger partial charge in [-0.1, -0.05) is 12.1 Å². The number of carbonyl (C=O) groups excluding carboxylic acids is 1. The number of carbonyl (C=O) groups is 1. The van der Waals surface area contributed by atoms with Crippen LogP contribution in [0.15, 0.2) is 48.5 Å². The molecule has 2 aromatic carbocycles. The summed E-state index contributed by atoms with van der Waals surface area (Å²) in [5.74, 6) is -12.8. The van der Waals surface area contributed by atoms with E-state index in [9.17, 15) is 35.5 Å². The summed E-state index contributed by atoms with van der Waals surface area (Å²) in [6.45, 7) is -2.20. The molecule has 0 N–H and O–H groups in total. The molecular formula is C17H10F7O3. The first-order chi connectivity index (χ1) is 12.4. The largest absolute Gasteiger partial charge is 0.487 e. The molecule has 0 amide bonds. The normalized spacial score (nSPS) is 12.6. The molecule has 1 radical (unpaired) electrons. The molecule has 2 aromatic rings.